The first-order chi connectivity index (χ1) is 8.83. The molecule has 0 atom stereocenters. The van der Waals surface area contributed by atoms with Gasteiger partial charge in [0.25, 0.3) is 0 Å². The summed E-state index contributed by atoms with van der Waals surface area (Å²) in [7, 11) is 0. The largest absolute Gasteiger partial charge is 0.491 e. The van der Waals surface area contributed by atoms with E-state index in [4.69, 9.17) is 4.74 Å². The Bertz CT molecular complexity index is 559. The van der Waals surface area contributed by atoms with Crippen molar-refractivity contribution in [3.63, 3.8) is 0 Å². The van der Waals surface area contributed by atoms with E-state index in [1.807, 2.05) is 24.4 Å². The van der Waals surface area contributed by atoms with E-state index in [-0.39, 0.29) is 0 Å². The van der Waals surface area contributed by atoms with Crippen LogP contribution in [0.1, 0.15) is 5.56 Å². The number of rotatable bonds is 1. The smallest absolute Gasteiger partial charge is 0.124 e. The molecule has 0 saturated heterocycles. The van der Waals surface area contributed by atoms with Crippen molar-refractivity contribution in [2.24, 2.45) is 0 Å². The third kappa shape index (κ3) is 2.34. The van der Waals surface area contributed by atoms with Gasteiger partial charge in [0.2, 0.25) is 0 Å². The number of aromatic nitrogens is 1. The van der Waals surface area contributed by atoms with Crippen LogP contribution in [0, 0.1) is 0 Å². The van der Waals surface area contributed by atoms with Gasteiger partial charge in [-0.1, -0.05) is 18.2 Å². The summed E-state index contributed by atoms with van der Waals surface area (Å²) in [5, 5.41) is 0. The summed E-state index contributed by atoms with van der Waals surface area (Å²) < 4.78 is 6.76. The minimum absolute atomic E-state index is 0.698. The number of pyridine rings is 1. The normalized spacial score (nSPS) is 14.6. The summed E-state index contributed by atoms with van der Waals surface area (Å²) in [5.74, 6) is 0.989. The molecule has 3 rings (SSSR count). The monoisotopic (exact) mass is 304 g/mol. The predicted octanol–water partition coefficient (Wildman–Crippen LogP) is 3.24. The van der Waals surface area contributed by atoms with Crippen molar-refractivity contribution in [2.75, 3.05) is 18.1 Å². The van der Waals surface area contributed by atoms with Gasteiger partial charge in [-0.2, -0.15) is 0 Å². The molecule has 2 heterocycles. The van der Waals surface area contributed by atoms with Crippen LogP contribution in [0.25, 0.3) is 0 Å². The van der Waals surface area contributed by atoms with Crippen LogP contribution in [0.4, 0.5) is 5.69 Å². The standard InChI is InChI=1S/C14H13BrN2O/c15-12-7-13(9-16-8-12)17-5-6-18-14-4-2-1-3-11(14)10-17/h1-4,7-9H,5-6,10H2. The molecule has 1 aromatic carbocycles. The first-order valence-electron chi connectivity index (χ1n) is 5.89. The quantitative estimate of drug-likeness (QED) is 0.809. The number of fused-ring (bicyclic) bond motifs is 1. The Morgan fingerprint density at radius 2 is 2.11 bits per heavy atom. The minimum Gasteiger partial charge on any atom is -0.491 e. The van der Waals surface area contributed by atoms with Crippen molar-refractivity contribution in [3.05, 3.63) is 52.8 Å². The number of benzene rings is 1. The summed E-state index contributed by atoms with van der Waals surface area (Å²) in [6.45, 7) is 2.42. The second-order valence-electron chi connectivity index (χ2n) is 4.24. The summed E-state index contributed by atoms with van der Waals surface area (Å²) in [6.07, 6.45) is 3.68. The minimum atomic E-state index is 0.698. The number of hydrogen-bond donors (Lipinski definition) is 0. The molecule has 0 saturated carbocycles. The van der Waals surface area contributed by atoms with Crippen molar-refractivity contribution in [2.45, 2.75) is 6.54 Å². The van der Waals surface area contributed by atoms with Gasteiger partial charge >= 0.3 is 0 Å². The van der Waals surface area contributed by atoms with Crippen LogP contribution in [-0.2, 0) is 6.54 Å². The Labute approximate surface area is 115 Å². The molecule has 92 valence electrons. The maximum Gasteiger partial charge on any atom is 0.124 e. The zero-order valence-corrected chi connectivity index (χ0v) is 11.4. The van der Waals surface area contributed by atoms with E-state index in [2.05, 4.69) is 37.9 Å². The highest BCUT2D eigenvalue weighted by molar-refractivity contribution is 9.10. The van der Waals surface area contributed by atoms with Gasteiger partial charge < -0.3 is 9.64 Å². The van der Waals surface area contributed by atoms with E-state index in [1.165, 1.54) is 5.56 Å². The topological polar surface area (TPSA) is 25.4 Å². The van der Waals surface area contributed by atoms with Crippen molar-refractivity contribution < 1.29 is 4.74 Å². The Balaban J connectivity index is 1.91. The van der Waals surface area contributed by atoms with Gasteiger partial charge in [0.15, 0.2) is 0 Å². The van der Waals surface area contributed by atoms with Crippen LogP contribution < -0.4 is 9.64 Å². The zero-order chi connectivity index (χ0) is 12.4. The second-order valence-corrected chi connectivity index (χ2v) is 5.15. The van der Waals surface area contributed by atoms with Gasteiger partial charge in [-0.05, 0) is 28.1 Å². The van der Waals surface area contributed by atoms with Crippen LogP contribution in [0.15, 0.2) is 47.2 Å². The maximum absolute atomic E-state index is 5.76. The fraction of sp³-hybridized carbons (Fsp3) is 0.214. The van der Waals surface area contributed by atoms with E-state index >= 15 is 0 Å². The molecular weight excluding hydrogens is 292 g/mol. The van der Waals surface area contributed by atoms with Crippen LogP contribution in [0.5, 0.6) is 5.75 Å². The number of anilines is 1. The second kappa shape index (κ2) is 4.98. The summed E-state index contributed by atoms with van der Waals surface area (Å²) in [6, 6.07) is 10.3. The van der Waals surface area contributed by atoms with Gasteiger partial charge in [-0.25, -0.2) is 0 Å². The molecule has 1 aliphatic rings. The van der Waals surface area contributed by atoms with E-state index < -0.39 is 0 Å². The Morgan fingerprint density at radius 3 is 3.00 bits per heavy atom. The third-order valence-electron chi connectivity index (χ3n) is 3.01. The molecule has 0 amide bonds. The molecule has 2 aromatic rings. The highest BCUT2D eigenvalue weighted by Gasteiger charge is 2.15. The van der Waals surface area contributed by atoms with Gasteiger partial charge in [0.1, 0.15) is 12.4 Å². The molecule has 0 N–H and O–H groups in total. The summed E-state index contributed by atoms with van der Waals surface area (Å²) in [5.41, 5.74) is 2.33. The average molecular weight is 305 g/mol. The number of halogens is 1. The average Bonchev–Trinajstić information content (AvgIpc) is 2.60. The van der Waals surface area contributed by atoms with Crippen LogP contribution >= 0.6 is 15.9 Å². The van der Waals surface area contributed by atoms with Crippen molar-refractivity contribution >= 4 is 21.6 Å². The fourth-order valence-electron chi connectivity index (χ4n) is 2.12. The third-order valence-corrected chi connectivity index (χ3v) is 3.44. The van der Waals surface area contributed by atoms with E-state index in [1.54, 1.807) is 6.20 Å². The van der Waals surface area contributed by atoms with Gasteiger partial charge in [-0.15, -0.1) is 0 Å². The van der Waals surface area contributed by atoms with E-state index in [0.29, 0.717) is 6.61 Å². The van der Waals surface area contributed by atoms with Gasteiger partial charge in [-0.3, -0.25) is 4.98 Å². The number of hydrogen-bond acceptors (Lipinski definition) is 3. The first-order valence-corrected chi connectivity index (χ1v) is 6.68. The van der Waals surface area contributed by atoms with Crippen molar-refractivity contribution in [1.82, 2.24) is 4.98 Å². The van der Waals surface area contributed by atoms with E-state index in [0.717, 1.165) is 29.0 Å². The van der Waals surface area contributed by atoms with E-state index in [9.17, 15) is 0 Å². The lowest BCUT2D eigenvalue weighted by Gasteiger charge is -2.21. The van der Waals surface area contributed by atoms with Crippen LogP contribution in [0.2, 0.25) is 0 Å². The van der Waals surface area contributed by atoms with Gasteiger partial charge in [0, 0.05) is 22.8 Å². The van der Waals surface area contributed by atoms with Crippen molar-refractivity contribution in [1.29, 1.82) is 0 Å². The van der Waals surface area contributed by atoms with Crippen LogP contribution in [0.3, 0.4) is 0 Å². The molecule has 4 heteroatoms. The SMILES string of the molecule is Brc1cncc(N2CCOc3ccccc3C2)c1. The molecule has 0 bridgehead atoms. The predicted molar refractivity (Wildman–Crippen MR) is 74.9 cm³/mol. The van der Waals surface area contributed by atoms with Crippen LogP contribution in [-0.4, -0.2) is 18.1 Å². The molecule has 1 aliphatic heterocycles. The molecule has 0 spiro atoms. The summed E-state index contributed by atoms with van der Waals surface area (Å²) in [4.78, 5) is 6.50. The first kappa shape index (κ1) is 11.5. The molecule has 0 radical (unpaired) electrons. The Morgan fingerprint density at radius 1 is 1.22 bits per heavy atom. The highest BCUT2D eigenvalue weighted by atomic mass is 79.9. The number of ether oxygens (including phenoxy) is 1. The number of nitrogens with zero attached hydrogens (tertiary/aromatic N) is 2. The summed E-state index contributed by atoms with van der Waals surface area (Å²) >= 11 is 3.46. The molecule has 0 aliphatic carbocycles. The molecular formula is C14H13BrN2O. The molecule has 3 nitrogen and oxygen atoms in total. The van der Waals surface area contributed by atoms with Gasteiger partial charge in [0.05, 0.1) is 18.4 Å². The lowest BCUT2D eigenvalue weighted by atomic mass is 10.2. The molecule has 0 unspecified atom stereocenters. The molecule has 0 fully saturated rings. The Hall–Kier alpha value is -1.55. The molecule has 1 aromatic heterocycles. The zero-order valence-electron chi connectivity index (χ0n) is 9.84. The maximum atomic E-state index is 5.76. The van der Waals surface area contributed by atoms with Crippen molar-refractivity contribution in [3.8, 4) is 5.75 Å². The highest BCUT2D eigenvalue weighted by Crippen LogP contribution is 2.26. The fourth-order valence-corrected chi connectivity index (χ4v) is 2.47. The number of para-hydroxylation sites is 1. The molecule has 18 heavy (non-hydrogen) atoms. The lowest BCUT2D eigenvalue weighted by molar-refractivity contribution is 0.331. The lowest BCUT2D eigenvalue weighted by Crippen LogP contribution is -2.25. The Kier molecular flexibility index (Phi) is 3.19.